The summed E-state index contributed by atoms with van der Waals surface area (Å²) >= 11 is 0. The van der Waals surface area contributed by atoms with Crippen LogP contribution in [0.2, 0.25) is 0 Å². The predicted molar refractivity (Wildman–Crippen MR) is 34.8 cm³/mol. The molecular formula is C5H11NO4. The number of carbonyl (C=O) groups is 2. The van der Waals surface area contributed by atoms with Crippen molar-refractivity contribution in [2.45, 2.75) is 19.8 Å². The number of hydrogen-bond acceptors (Lipinski definition) is 2. The van der Waals surface area contributed by atoms with E-state index in [0.29, 0.717) is 6.42 Å². The van der Waals surface area contributed by atoms with E-state index in [4.69, 9.17) is 20.7 Å². The Morgan fingerprint density at radius 1 is 1.40 bits per heavy atom. The number of nitrogens with two attached hydrogens (primary N) is 1. The third-order valence-corrected chi connectivity index (χ3v) is 0.496. The lowest BCUT2D eigenvalue weighted by molar-refractivity contribution is -0.118. The lowest BCUT2D eigenvalue weighted by atomic mass is 10.3. The average molecular weight is 149 g/mol. The summed E-state index contributed by atoms with van der Waals surface area (Å²) in [5.74, 6) is -0.211. The van der Waals surface area contributed by atoms with Crippen molar-refractivity contribution in [2.24, 2.45) is 5.73 Å². The fourth-order valence-electron chi connectivity index (χ4n) is 0.246. The number of amides is 1. The molecule has 0 bridgehead atoms. The molecule has 0 aromatic carbocycles. The Morgan fingerprint density at radius 2 is 1.70 bits per heavy atom. The van der Waals surface area contributed by atoms with Crippen LogP contribution in [0.1, 0.15) is 19.8 Å². The smallest absolute Gasteiger partial charge is 0.450 e. The molecule has 0 unspecified atom stereocenters. The maximum absolute atomic E-state index is 9.82. The van der Waals surface area contributed by atoms with Gasteiger partial charge in [-0.25, -0.2) is 4.79 Å². The van der Waals surface area contributed by atoms with Crippen LogP contribution in [-0.4, -0.2) is 22.3 Å². The van der Waals surface area contributed by atoms with Gasteiger partial charge in [-0.05, 0) is 6.42 Å². The largest absolute Gasteiger partial charge is 0.503 e. The van der Waals surface area contributed by atoms with E-state index in [-0.39, 0.29) is 5.91 Å². The standard InChI is InChI=1S/C4H9NO.CH2O3/c1-2-3-4(5)6;2-1(3)4/h2-3H2,1H3,(H2,5,6);(H2,2,3,4). The van der Waals surface area contributed by atoms with Crippen molar-refractivity contribution in [3.05, 3.63) is 0 Å². The van der Waals surface area contributed by atoms with E-state index in [1.165, 1.54) is 0 Å². The molecule has 10 heavy (non-hydrogen) atoms. The molecule has 0 aromatic heterocycles. The van der Waals surface area contributed by atoms with Gasteiger partial charge in [-0.1, -0.05) is 6.92 Å². The highest BCUT2D eigenvalue weighted by Crippen LogP contribution is 1.79. The molecule has 0 aliphatic heterocycles. The quantitative estimate of drug-likeness (QED) is 0.531. The van der Waals surface area contributed by atoms with Crippen LogP contribution in [0.25, 0.3) is 0 Å². The Hall–Kier alpha value is -1.26. The van der Waals surface area contributed by atoms with Gasteiger partial charge in [0.25, 0.3) is 0 Å². The van der Waals surface area contributed by atoms with Gasteiger partial charge in [0.2, 0.25) is 5.91 Å². The molecular weight excluding hydrogens is 138 g/mol. The normalized spacial score (nSPS) is 7.30. The SMILES string of the molecule is CCCC(N)=O.O=C(O)O. The summed E-state index contributed by atoms with van der Waals surface area (Å²) < 4.78 is 0. The molecule has 0 atom stereocenters. The zero-order valence-electron chi connectivity index (χ0n) is 5.70. The van der Waals surface area contributed by atoms with E-state index in [1.807, 2.05) is 6.92 Å². The Balaban J connectivity index is 0. The summed E-state index contributed by atoms with van der Waals surface area (Å²) in [6.07, 6.45) is -0.463. The molecule has 0 aromatic rings. The Bertz CT molecular complexity index is 108. The minimum absolute atomic E-state index is 0.211. The average Bonchev–Trinajstić information content (AvgIpc) is 1.62. The van der Waals surface area contributed by atoms with Crippen molar-refractivity contribution in [1.82, 2.24) is 0 Å². The molecule has 0 fully saturated rings. The molecule has 5 nitrogen and oxygen atoms in total. The lowest BCUT2D eigenvalue weighted by Gasteiger charge is -1.81. The van der Waals surface area contributed by atoms with Crippen LogP contribution in [0.4, 0.5) is 4.79 Å². The van der Waals surface area contributed by atoms with Gasteiger partial charge in [-0.3, -0.25) is 4.79 Å². The maximum atomic E-state index is 9.82. The zero-order chi connectivity index (χ0) is 8.57. The first-order chi connectivity index (χ1) is 4.50. The van der Waals surface area contributed by atoms with Crippen LogP contribution < -0.4 is 5.73 Å². The zero-order valence-corrected chi connectivity index (χ0v) is 5.70. The first-order valence-electron chi connectivity index (χ1n) is 2.70. The predicted octanol–water partition coefficient (Wildman–Crippen LogP) is 0.494. The molecule has 0 saturated heterocycles. The molecule has 0 aliphatic rings. The van der Waals surface area contributed by atoms with E-state index in [0.717, 1.165) is 6.42 Å². The van der Waals surface area contributed by atoms with Gasteiger partial charge in [-0.2, -0.15) is 0 Å². The molecule has 0 aliphatic carbocycles. The highest BCUT2D eigenvalue weighted by Gasteiger charge is 1.84. The fourth-order valence-corrected chi connectivity index (χ4v) is 0.246. The molecule has 0 heterocycles. The molecule has 0 radical (unpaired) electrons. The van der Waals surface area contributed by atoms with Crippen LogP contribution >= 0.6 is 0 Å². The van der Waals surface area contributed by atoms with Crippen molar-refractivity contribution in [3.63, 3.8) is 0 Å². The van der Waals surface area contributed by atoms with Gasteiger partial charge >= 0.3 is 6.16 Å². The number of carbonyl (C=O) groups excluding carboxylic acids is 1. The van der Waals surface area contributed by atoms with Crippen LogP contribution in [0, 0.1) is 0 Å². The number of hydrogen-bond donors (Lipinski definition) is 3. The van der Waals surface area contributed by atoms with Gasteiger partial charge in [0.15, 0.2) is 0 Å². The monoisotopic (exact) mass is 149 g/mol. The Labute approximate surface area is 58.5 Å². The van der Waals surface area contributed by atoms with E-state index in [2.05, 4.69) is 0 Å². The molecule has 0 spiro atoms. The van der Waals surface area contributed by atoms with Crippen molar-refractivity contribution in [2.75, 3.05) is 0 Å². The molecule has 60 valence electrons. The van der Waals surface area contributed by atoms with E-state index >= 15 is 0 Å². The number of rotatable bonds is 2. The van der Waals surface area contributed by atoms with Crippen molar-refractivity contribution in [3.8, 4) is 0 Å². The minimum atomic E-state index is -1.83. The second-order valence-corrected chi connectivity index (χ2v) is 1.50. The maximum Gasteiger partial charge on any atom is 0.503 e. The van der Waals surface area contributed by atoms with Gasteiger partial charge in [0.05, 0.1) is 0 Å². The van der Waals surface area contributed by atoms with E-state index < -0.39 is 6.16 Å². The van der Waals surface area contributed by atoms with Crippen LogP contribution in [-0.2, 0) is 4.79 Å². The summed E-state index contributed by atoms with van der Waals surface area (Å²) in [7, 11) is 0. The van der Waals surface area contributed by atoms with Crippen molar-refractivity contribution >= 4 is 12.1 Å². The van der Waals surface area contributed by atoms with Gasteiger partial charge in [0, 0.05) is 6.42 Å². The van der Waals surface area contributed by atoms with E-state index in [9.17, 15) is 4.79 Å². The van der Waals surface area contributed by atoms with Gasteiger partial charge < -0.3 is 15.9 Å². The first kappa shape index (κ1) is 11.5. The molecule has 0 rings (SSSR count). The fraction of sp³-hybridized carbons (Fsp3) is 0.600. The van der Waals surface area contributed by atoms with Crippen LogP contribution in [0.15, 0.2) is 0 Å². The third-order valence-electron chi connectivity index (χ3n) is 0.496. The molecule has 0 saturated carbocycles. The molecule has 4 N–H and O–H groups in total. The van der Waals surface area contributed by atoms with Crippen LogP contribution in [0.3, 0.4) is 0 Å². The van der Waals surface area contributed by atoms with E-state index in [1.54, 1.807) is 0 Å². The second kappa shape index (κ2) is 7.74. The van der Waals surface area contributed by atoms with Crippen molar-refractivity contribution < 1.29 is 19.8 Å². The number of carboxylic acid groups (broad SMARTS) is 2. The van der Waals surface area contributed by atoms with Crippen molar-refractivity contribution in [1.29, 1.82) is 0 Å². The summed E-state index contributed by atoms with van der Waals surface area (Å²) in [5.41, 5.74) is 4.76. The summed E-state index contributed by atoms with van der Waals surface area (Å²) in [5, 5.41) is 13.9. The second-order valence-electron chi connectivity index (χ2n) is 1.50. The Morgan fingerprint density at radius 3 is 1.70 bits per heavy atom. The molecule has 5 heteroatoms. The summed E-state index contributed by atoms with van der Waals surface area (Å²) in [4.78, 5) is 18.4. The van der Waals surface area contributed by atoms with Gasteiger partial charge in [-0.15, -0.1) is 0 Å². The third kappa shape index (κ3) is 73.3. The first-order valence-corrected chi connectivity index (χ1v) is 2.70. The lowest BCUT2D eigenvalue weighted by Crippen LogP contribution is -2.08. The Kier molecular flexibility index (Phi) is 8.92. The highest BCUT2D eigenvalue weighted by atomic mass is 16.6. The van der Waals surface area contributed by atoms with Crippen LogP contribution in [0.5, 0.6) is 0 Å². The minimum Gasteiger partial charge on any atom is -0.450 e. The topological polar surface area (TPSA) is 101 Å². The van der Waals surface area contributed by atoms with Gasteiger partial charge in [0.1, 0.15) is 0 Å². The molecule has 1 amide bonds. The number of primary amides is 1. The summed E-state index contributed by atoms with van der Waals surface area (Å²) in [6.45, 7) is 1.92. The summed E-state index contributed by atoms with van der Waals surface area (Å²) in [6, 6.07) is 0. The highest BCUT2D eigenvalue weighted by molar-refractivity contribution is 5.73.